The molecule has 1 aromatic carbocycles. The highest BCUT2D eigenvalue weighted by Gasteiger charge is 2.20. The number of hydrogen-bond acceptors (Lipinski definition) is 5. The number of fused-ring (bicyclic) bond motifs is 2. The average molecular weight is 308 g/mol. The van der Waals surface area contributed by atoms with Crippen LogP contribution >= 0.6 is 0 Å². The van der Waals surface area contributed by atoms with E-state index in [9.17, 15) is 0 Å². The van der Waals surface area contributed by atoms with Gasteiger partial charge in [-0.2, -0.15) is 0 Å². The van der Waals surface area contributed by atoms with Gasteiger partial charge in [-0.25, -0.2) is 4.98 Å². The standard InChI is InChI=1S/C18H20N4O/c1-2-6-17-16(5-1)20-14-15-4-3-7-19-18(15)22(17)9-8-21-10-12-23-13-11-21/h1-7,14H,8-13H2. The van der Waals surface area contributed by atoms with Gasteiger partial charge in [-0.3, -0.25) is 9.89 Å². The van der Waals surface area contributed by atoms with Crippen LogP contribution < -0.4 is 4.90 Å². The zero-order valence-electron chi connectivity index (χ0n) is 13.1. The molecule has 1 saturated heterocycles. The number of ether oxygens (including phenoxy) is 1. The summed E-state index contributed by atoms with van der Waals surface area (Å²) < 4.78 is 5.44. The molecule has 0 aliphatic carbocycles. The van der Waals surface area contributed by atoms with Crippen LogP contribution in [-0.4, -0.2) is 55.5 Å². The molecule has 0 radical (unpaired) electrons. The van der Waals surface area contributed by atoms with E-state index >= 15 is 0 Å². The van der Waals surface area contributed by atoms with Crippen molar-refractivity contribution in [2.24, 2.45) is 4.99 Å². The molecule has 2 aliphatic rings. The van der Waals surface area contributed by atoms with Crippen LogP contribution in [0.2, 0.25) is 0 Å². The molecule has 2 aromatic rings. The van der Waals surface area contributed by atoms with Crippen molar-refractivity contribution >= 4 is 23.4 Å². The molecule has 3 heterocycles. The molecular formula is C18H20N4O. The number of morpholine rings is 1. The molecule has 118 valence electrons. The molecule has 1 fully saturated rings. The van der Waals surface area contributed by atoms with E-state index in [1.807, 2.05) is 24.5 Å². The molecule has 0 N–H and O–H groups in total. The lowest BCUT2D eigenvalue weighted by atomic mass is 10.2. The summed E-state index contributed by atoms with van der Waals surface area (Å²) in [6.07, 6.45) is 3.76. The van der Waals surface area contributed by atoms with Gasteiger partial charge in [0.1, 0.15) is 5.82 Å². The fourth-order valence-electron chi connectivity index (χ4n) is 3.08. The summed E-state index contributed by atoms with van der Waals surface area (Å²) in [6.45, 7) is 5.54. The zero-order chi connectivity index (χ0) is 15.5. The number of aliphatic imine (C=N–C) groups is 1. The summed E-state index contributed by atoms with van der Waals surface area (Å²) in [6, 6.07) is 12.3. The minimum atomic E-state index is 0.828. The quantitative estimate of drug-likeness (QED) is 0.874. The van der Waals surface area contributed by atoms with Crippen molar-refractivity contribution in [3.8, 4) is 0 Å². The topological polar surface area (TPSA) is 41.0 Å². The van der Waals surface area contributed by atoms with Gasteiger partial charge in [-0.15, -0.1) is 0 Å². The van der Waals surface area contributed by atoms with Crippen molar-refractivity contribution in [3.05, 3.63) is 48.2 Å². The second-order valence-corrected chi connectivity index (χ2v) is 5.77. The summed E-state index contributed by atoms with van der Waals surface area (Å²) >= 11 is 0. The largest absolute Gasteiger partial charge is 0.379 e. The van der Waals surface area contributed by atoms with Gasteiger partial charge < -0.3 is 9.64 Å². The second kappa shape index (κ2) is 6.48. The molecular weight excluding hydrogens is 288 g/mol. The van der Waals surface area contributed by atoms with Crippen LogP contribution in [0, 0.1) is 0 Å². The Morgan fingerprint density at radius 1 is 1.00 bits per heavy atom. The highest BCUT2D eigenvalue weighted by molar-refractivity contribution is 5.94. The Balaban J connectivity index is 1.65. The average Bonchev–Trinajstić information content (AvgIpc) is 2.78. The summed E-state index contributed by atoms with van der Waals surface area (Å²) in [4.78, 5) is 14.0. The number of rotatable bonds is 3. The molecule has 4 rings (SSSR count). The summed E-state index contributed by atoms with van der Waals surface area (Å²) in [7, 11) is 0. The summed E-state index contributed by atoms with van der Waals surface area (Å²) in [5, 5.41) is 0. The number of nitrogens with zero attached hydrogens (tertiary/aromatic N) is 4. The van der Waals surface area contributed by atoms with E-state index in [0.29, 0.717) is 0 Å². The van der Waals surface area contributed by atoms with E-state index in [1.54, 1.807) is 0 Å². The van der Waals surface area contributed by atoms with Crippen molar-refractivity contribution in [1.82, 2.24) is 9.88 Å². The van der Waals surface area contributed by atoms with Crippen molar-refractivity contribution in [1.29, 1.82) is 0 Å². The highest BCUT2D eigenvalue weighted by atomic mass is 16.5. The Morgan fingerprint density at radius 2 is 1.87 bits per heavy atom. The fraction of sp³-hybridized carbons (Fsp3) is 0.333. The fourth-order valence-corrected chi connectivity index (χ4v) is 3.08. The van der Waals surface area contributed by atoms with Crippen molar-refractivity contribution in [2.45, 2.75) is 0 Å². The van der Waals surface area contributed by atoms with Crippen molar-refractivity contribution in [2.75, 3.05) is 44.3 Å². The van der Waals surface area contributed by atoms with E-state index < -0.39 is 0 Å². The minimum Gasteiger partial charge on any atom is -0.379 e. The van der Waals surface area contributed by atoms with E-state index in [2.05, 4.69) is 44.0 Å². The third-order valence-electron chi connectivity index (χ3n) is 4.33. The molecule has 5 heteroatoms. The van der Waals surface area contributed by atoms with Crippen LogP contribution in [0.15, 0.2) is 47.6 Å². The number of benzene rings is 1. The number of hydrogen-bond donors (Lipinski definition) is 0. The van der Waals surface area contributed by atoms with Gasteiger partial charge >= 0.3 is 0 Å². The van der Waals surface area contributed by atoms with Crippen LogP contribution in [0.3, 0.4) is 0 Å². The van der Waals surface area contributed by atoms with E-state index in [0.717, 1.165) is 62.1 Å². The van der Waals surface area contributed by atoms with E-state index in [-0.39, 0.29) is 0 Å². The van der Waals surface area contributed by atoms with Crippen molar-refractivity contribution in [3.63, 3.8) is 0 Å². The van der Waals surface area contributed by atoms with Gasteiger partial charge in [-0.1, -0.05) is 12.1 Å². The van der Waals surface area contributed by atoms with Gasteiger partial charge in [-0.05, 0) is 24.3 Å². The molecule has 23 heavy (non-hydrogen) atoms. The lowest BCUT2D eigenvalue weighted by Gasteiger charge is -2.31. The Hall–Kier alpha value is -2.24. The highest BCUT2D eigenvalue weighted by Crippen LogP contribution is 2.36. The smallest absolute Gasteiger partial charge is 0.141 e. The van der Waals surface area contributed by atoms with Crippen molar-refractivity contribution < 1.29 is 4.74 Å². The Morgan fingerprint density at radius 3 is 2.78 bits per heavy atom. The van der Waals surface area contributed by atoms with Crippen LogP contribution in [0.4, 0.5) is 17.2 Å². The predicted octanol–water partition coefficient (Wildman–Crippen LogP) is 2.62. The van der Waals surface area contributed by atoms with Crippen LogP contribution in [-0.2, 0) is 4.74 Å². The Labute approximate surface area is 136 Å². The summed E-state index contributed by atoms with van der Waals surface area (Å²) in [5.41, 5.74) is 3.17. The molecule has 0 amide bonds. The minimum absolute atomic E-state index is 0.828. The maximum absolute atomic E-state index is 5.44. The molecule has 0 atom stereocenters. The third kappa shape index (κ3) is 2.98. The van der Waals surface area contributed by atoms with Crippen LogP contribution in [0.5, 0.6) is 0 Å². The third-order valence-corrected chi connectivity index (χ3v) is 4.33. The predicted molar refractivity (Wildman–Crippen MR) is 92.2 cm³/mol. The number of aromatic nitrogens is 1. The number of para-hydroxylation sites is 2. The first-order chi connectivity index (χ1) is 11.4. The normalized spacial score (nSPS) is 17.5. The zero-order valence-corrected chi connectivity index (χ0v) is 13.1. The van der Waals surface area contributed by atoms with Gasteiger partial charge in [0.05, 0.1) is 24.6 Å². The maximum atomic E-state index is 5.44. The van der Waals surface area contributed by atoms with Gasteiger partial charge in [0.2, 0.25) is 0 Å². The molecule has 0 saturated carbocycles. The van der Waals surface area contributed by atoms with Crippen LogP contribution in [0.1, 0.15) is 5.56 Å². The molecule has 0 bridgehead atoms. The first kappa shape index (κ1) is 14.4. The van der Waals surface area contributed by atoms with E-state index in [4.69, 9.17) is 4.74 Å². The van der Waals surface area contributed by atoms with Gasteiger partial charge in [0.15, 0.2) is 0 Å². The Bertz CT molecular complexity index is 660. The molecule has 1 aromatic heterocycles. The van der Waals surface area contributed by atoms with E-state index in [1.165, 1.54) is 0 Å². The molecule has 2 aliphatic heterocycles. The second-order valence-electron chi connectivity index (χ2n) is 5.77. The number of pyridine rings is 1. The molecule has 0 spiro atoms. The first-order valence-electron chi connectivity index (χ1n) is 8.07. The SMILES string of the molecule is C1=Nc2ccccc2N(CCN2CCOCC2)c2ncccc21. The molecule has 0 unspecified atom stereocenters. The van der Waals surface area contributed by atoms with Gasteiger partial charge in [0.25, 0.3) is 0 Å². The maximum Gasteiger partial charge on any atom is 0.141 e. The lowest BCUT2D eigenvalue weighted by Crippen LogP contribution is -2.40. The monoisotopic (exact) mass is 308 g/mol. The first-order valence-corrected chi connectivity index (χ1v) is 8.07. The number of anilines is 2. The lowest BCUT2D eigenvalue weighted by molar-refractivity contribution is 0.0394. The van der Waals surface area contributed by atoms with Gasteiger partial charge in [0, 0.05) is 44.2 Å². The molecule has 5 nitrogen and oxygen atoms in total. The Kier molecular flexibility index (Phi) is 4.05. The van der Waals surface area contributed by atoms with Crippen LogP contribution in [0.25, 0.3) is 0 Å². The summed E-state index contributed by atoms with van der Waals surface area (Å²) in [5.74, 6) is 0.981.